The van der Waals surface area contributed by atoms with Crippen LogP contribution in [0.25, 0.3) is 0 Å². The Balaban J connectivity index is 4.41. The molecule has 0 aliphatic heterocycles. The predicted molar refractivity (Wildman–Crippen MR) is 55.9 cm³/mol. The smallest absolute Gasteiger partial charge is 0.409 e. The van der Waals surface area contributed by atoms with E-state index >= 15 is 0 Å². The minimum absolute atomic E-state index is 0.199. The first-order valence-corrected chi connectivity index (χ1v) is 4.94. The summed E-state index contributed by atoms with van der Waals surface area (Å²) in [5.74, 6) is 0.547. The van der Waals surface area contributed by atoms with E-state index in [9.17, 15) is 4.79 Å². The van der Waals surface area contributed by atoms with E-state index in [1.165, 1.54) is 14.2 Å². The normalized spacial score (nSPS) is 9.27. The van der Waals surface area contributed by atoms with Crippen LogP contribution < -0.4 is 5.73 Å². The second-order valence-corrected chi connectivity index (χ2v) is 3.00. The summed E-state index contributed by atoms with van der Waals surface area (Å²) in [6.45, 7) is 2.09. The molecule has 0 aliphatic rings. The highest BCUT2D eigenvalue weighted by molar-refractivity contribution is 5.65. The molecular formula is C10H19NO4. The van der Waals surface area contributed by atoms with Crippen LogP contribution in [-0.4, -0.2) is 20.3 Å². The van der Waals surface area contributed by atoms with Gasteiger partial charge in [0.1, 0.15) is 0 Å². The van der Waals surface area contributed by atoms with Crippen molar-refractivity contribution in [2.24, 2.45) is 5.73 Å². The lowest BCUT2D eigenvalue weighted by Crippen LogP contribution is -2.15. The van der Waals surface area contributed by atoms with Gasteiger partial charge in [0, 0.05) is 6.42 Å². The number of carbonyl (C=O) groups is 1. The summed E-state index contributed by atoms with van der Waals surface area (Å²) in [7, 11) is 2.89. The maximum absolute atomic E-state index is 10.6. The van der Waals surface area contributed by atoms with E-state index in [4.69, 9.17) is 19.9 Å². The molecule has 1 amide bonds. The molecule has 0 unspecified atom stereocenters. The van der Waals surface area contributed by atoms with Gasteiger partial charge in [0.25, 0.3) is 0 Å². The van der Waals surface area contributed by atoms with E-state index in [1.54, 1.807) is 0 Å². The number of nitrogens with two attached hydrogens (primary N) is 1. The van der Waals surface area contributed by atoms with Crippen LogP contribution >= 0.6 is 0 Å². The van der Waals surface area contributed by atoms with E-state index in [1.807, 2.05) is 0 Å². The van der Waals surface area contributed by atoms with Crippen molar-refractivity contribution in [3.05, 3.63) is 11.7 Å². The third kappa shape index (κ3) is 5.83. The van der Waals surface area contributed by atoms with Crippen LogP contribution in [0.1, 0.15) is 32.6 Å². The van der Waals surface area contributed by atoms with Crippen molar-refractivity contribution in [2.45, 2.75) is 32.6 Å². The topological polar surface area (TPSA) is 70.8 Å². The van der Waals surface area contributed by atoms with Crippen LogP contribution in [0.5, 0.6) is 0 Å². The van der Waals surface area contributed by atoms with Gasteiger partial charge in [-0.15, -0.1) is 0 Å². The van der Waals surface area contributed by atoms with Gasteiger partial charge in [0.2, 0.25) is 0 Å². The molecule has 0 aromatic heterocycles. The maximum Gasteiger partial charge on any atom is 0.409 e. The minimum atomic E-state index is -0.854. The average molecular weight is 217 g/mol. The molecule has 0 heterocycles. The summed E-state index contributed by atoms with van der Waals surface area (Å²) in [5, 5.41) is 0. The first-order valence-electron chi connectivity index (χ1n) is 4.94. The number of rotatable bonds is 7. The molecule has 88 valence electrons. The van der Waals surface area contributed by atoms with Crippen molar-refractivity contribution in [1.29, 1.82) is 0 Å². The van der Waals surface area contributed by atoms with E-state index < -0.39 is 6.09 Å². The molecule has 5 heteroatoms. The van der Waals surface area contributed by atoms with Crippen LogP contribution in [0, 0.1) is 0 Å². The third-order valence-corrected chi connectivity index (χ3v) is 1.83. The largest absolute Gasteiger partial charge is 0.466 e. The highest BCUT2D eigenvalue weighted by Gasteiger charge is 2.12. The van der Waals surface area contributed by atoms with Crippen molar-refractivity contribution in [1.82, 2.24) is 0 Å². The zero-order valence-corrected chi connectivity index (χ0v) is 9.54. The van der Waals surface area contributed by atoms with Crippen LogP contribution in [0.4, 0.5) is 4.79 Å². The van der Waals surface area contributed by atoms with Crippen molar-refractivity contribution >= 4 is 6.09 Å². The zero-order chi connectivity index (χ0) is 11.7. The number of ether oxygens (including phenoxy) is 3. The van der Waals surface area contributed by atoms with Crippen molar-refractivity contribution in [3.63, 3.8) is 0 Å². The fraction of sp³-hybridized carbons (Fsp3) is 0.700. The highest BCUT2D eigenvalue weighted by Crippen LogP contribution is 2.16. The molecule has 0 fully saturated rings. The Kier molecular flexibility index (Phi) is 7.23. The SMILES string of the molecule is CCCCCC(OC(N)=O)=C(OC)OC. The number of carbonyl (C=O) groups excluding carboxylic acids is 1. The summed E-state index contributed by atoms with van der Waals surface area (Å²) in [5.41, 5.74) is 4.94. The first kappa shape index (κ1) is 13.6. The Labute approximate surface area is 90.2 Å². The molecule has 15 heavy (non-hydrogen) atoms. The number of unbranched alkanes of at least 4 members (excludes halogenated alkanes) is 2. The molecule has 2 N–H and O–H groups in total. The minimum Gasteiger partial charge on any atom is -0.466 e. The van der Waals surface area contributed by atoms with E-state index in [0.29, 0.717) is 12.2 Å². The standard InChI is InChI=1S/C10H19NO4/c1-4-5-6-7-8(15-10(11)12)9(13-2)14-3/h4-7H2,1-3H3,(H2,11,12). The number of hydrogen-bond acceptors (Lipinski definition) is 4. The molecule has 0 aliphatic carbocycles. The van der Waals surface area contributed by atoms with Gasteiger partial charge >= 0.3 is 12.0 Å². The van der Waals surface area contributed by atoms with E-state index in [2.05, 4.69) is 6.92 Å². The van der Waals surface area contributed by atoms with E-state index in [-0.39, 0.29) is 5.95 Å². The number of allylic oxidation sites excluding steroid dienone is 1. The van der Waals surface area contributed by atoms with Gasteiger partial charge in [-0.1, -0.05) is 19.8 Å². The summed E-state index contributed by atoms with van der Waals surface area (Å²) in [4.78, 5) is 10.6. The average Bonchev–Trinajstić information content (AvgIpc) is 2.19. The second kappa shape index (κ2) is 7.96. The van der Waals surface area contributed by atoms with Crippen molar-refractivity contribution in [3.8, 4) is 0 Å². The monoisotopic (exact) mass is 217 g/mol. The Morgan fingerprint density at radius 2 is 1.80 bits per heavy atom. The quantitative estimate of drug-likeness (QED) is 0.523. The van der Waals surface area contributed by atoms with Gasteiger partial charge in [-0.25, -0.2) is 4.79 Å². The molecule has 0 atom stereocenters. The number of methoxy groups -OCH3 is 2. The van der Waals surface area contributed by atoms with Crippen LogP contribution in [0.15, 0.2) is 11.7 Å². The molecule has 0 radical (unpaired) electrons. The number of amides is 1. The van der Waals surface area contributed by atoms with Crippen molar-refractivity contribution in [2.75, 3.05) is 14.2 Å². The van der Waals surface area contributed by atoms with Gasteiger partial charge in [-0.05, 0) is 6.42 Å². The molecule has 0 saturated carbocycles. The Morgan fingerprint density at radius 3 is 2.20 bits per heavy atom. The Morgan fingerprint density at radius 1 is 1.20 bits per heavy atom. The maximum atomic E-state index is 10.6. The summed E-state index contributed by atoms with van der Waals surface area (Å²) < 4.78 is 14.6. The van der Waals surface area contributed by atoms with Gasteiger partial charge in [0.15, 0.2) is 5.76 Å². The molecule has 0 saturated heterocycles. The number of hydrogen-bond donors (Lipinski definition) is 1. The van der Waals surface area contributed by atoms with Gasteiger partial charge in [-0.2, -0.15) is 0 Å². The lowest BCUT2D eigenvalue weighted by atomic mass is 10.2. The zero-order valence-electron chi connectivity index (χ0n) is 9.54. The lowest BCUT2D eigenvalue weighted by Gasteiger charge is -2.11. The van der Waals surface area contributed by atoms with Gasteiger partial charge in [0.05, 0.1) is 14.2 Å². The Bertz CT molecular complexity index is 219. The van der Waals surface area contributed by atoms with Gasteiger partial charge < -0.3 is 19.9 Å². The van der Waals surface area contributed by atoms with Crippen LogP contribution in [0.3, 0.4) is 0 Å². The molecule has 0 spiro atoms. The predicted octanol–water partition coefficient (Wildman–Crippen LogP) is 2.12. The fourth-order valence-corrected chi connectivity index (χ4v) is 1.16. The number of primary amides is 1. The molecule has 0 rings (SSSR count). The molecule has 5 nitrogen and oxygen atoms in total. The Hall–Kier alpha value is -1.39. The molecule has 0 bridgehead atoms. The highest BCUT2D eigenvalue weighted by atomic mass is 16.7. The van der Waals surface area contributed by atoms with Crippen molar-refractivity contribution < 1.29 is 19.0 Å². The lowest BCUT2D eigenvalue weighted by molar-refractivity contribution is 0.0680. The summed E-state index contributed by atoms with van der Waals surface area (Å²) >= 11 is 0. The molecule has 0 aromatic rings. The molecule has 0 aromatic carbocycles. The second-order valence-electron chi connectivity index (χ2n) is 3.00. The van der Waals surface area contributed by atoms with E-state index in [0.717, 1.165) is 19.3 Å². The fourth-order valence-electron chi connectivity index (χ4n) is 1.16. The van der Waals surface area contributed by atoms with Gasteiger partial charge in [-0.3, -0.25) is 0 Å². The summed E-state index contributed by atoms with van der Waals surface area (Å²) in [6, 6.07) is 0. The summed E-state index contributed by atoms with van der Waals surface area (Å²) in [6.07, 6.45) is 2.75. The third-order valence-electron chi connectivity index (χ3n) is 1.83. The molecular weight excluding hydrogens is 198 g/mol. The first-order chi connectivity index (χ1) is 7.15. The van der Waals surface area contributed by atoms with Crippen LogP contribution in [-0.2, 0) is 14.2 Å². The van der Waals surface area contributed by atoms with Crippen LogP contribution in [0.2, 0.25) is 0 Å².